The molecule has 0 aliphatic carbocycles. The predicted octanol–water partition coefficient (Wildman–Crippen LogP) is 3.28. The molecule has 0 saturated heterocycles. The Kier molecular flexibility index (Phi) is 4.61. The number of hydrogen-bond donors (Lipinski definition) is 1. The predicted molar refractivity (Wildman–Crippen MR) is 91.4 cm³/mol. The van der Waals surface area contributed by atoms with Gasteiger partial charge < -0.3 is 14.7 Å². The standard InChI is InChI=1S/C19H15NO5/c1-12-16(19(23)25-20-12)10-15-4-2-3-5-17(15)24-11-13-6-8-14(9-7-13)18(21)22/h2-10H,11H2,1H3,(H,21,22)/b16-10-. The Labute approximate surface area is 144 Å². The first-order valence-corrected chi connectivity index (χ1v) is 7.56. The molecule has 0 amide bonds. The van der Waals surface area contributed by atoms with E-state index >= 15 is 0 Å². The van der Waals surface area contributed by atoms with Crippen LogP contribution in [-0.2, 0) is 16.2 Å². The SMILES string of the molecule is CC1=NOC(=O)/C1=C\c1ccccc1OCc1ccc(C(=O)O)cc1. The van der Waals surface area contributed by atoms with Gasteiger partial charge in [-0.05, 0) is 36.8 Å². The average molecular weight is 337 g/mol. The van der Waals surface area contributed by atoms with Gasteiger partial charge in [0.25, 0.3) is 0 Å². The summed E-state index contributed by atoms with van der Waals surface area (Å²) in [5.41, 5.74) is 2.70. The van der Waals surface area contributed by atoms with Gasteiger partial charge in [0, 0.05) is 5.56 Å². The minimum Gasteiger partial charge on any atom is -0.488 e. The number of carbonyl (C=O) groups excluding carboxylic acids is 1. The number of nitrogens with zero attached hydrogens (tertiary/aromatic N) is 1. The largest absolute Gasteiger partial charge is 0.488 e. The number of benzene rings is 2. The molecule has 0 radical (unpaired) electrons. The van der Waals surface area contributed by atoms with Gasteiger partial charge in [-0.2, -0.15) is 0 Å². The van der Waals surface area contributed by atoms with Crippen molar-refractivity contribution in [3.05, 3.63) is 70.8 Å². The topological polar surface area (TPSA) is 85.2 Å². The van der Waals surface area contributed by atoms with Crippen molar-refractivity contribution in [2.24, 2.45) is 5.16 Å². The van der Waals surface area contributed by atoms with Crippen LogP contribution in [0.4, 0.5) is 0 Å². The smallest absolute Gasteiger partial charge is 0.367 e. The maximum absolute atomic E-state index is 11.7. The number of aromatic carboxylic acids is 1. The van der Waals surface area contributed by atoms with Gasteiger partial charge >= 0.3 is 11.9 Å². The van der Waals surface area contributed by atoms with E-state index in [0.717, 1.165) is 11.1 Å². The third-order valence-corrected chi connectivity index (χ3v) is 3.69. The molecule has 3 rings (SSSR count). The molecule has 0 unspecified atom stereocenters. The summed E-state index contributed by atoms with van der Waals surface area (Å²) in [5, 5.41) is 12.6. The molecule has 1 aliphatic rings. The molecule has 1 N–H and O–H groups in total. The number of carboxylic acids is 1. The van der Waals surface area contributed by atoms with E-state index in [1.54, 1.807) is 31.2 Å². The van der Waals surface area contributed by atoms with Crippen LogP contribution in [0.3, 0.4) is 0 Å². The summed E-state index contributed by atoms with van der Waals surface area (Å²) < 4.78 is 5.82. The molecule has 0 atom stereocenters. The molecule has 1 aliphatic heterocycles. The number of oxime groups is 1. The maximum Gasteiger partial charge on any atom is 0.367 e. The summed E-state index contributed by atoms with van der Waals surface area (Å²) in [6.07, 6.45) is 1.68. The number of ether oxygens (including phenoxy) is 1. The van der Waals surface area contributed by atoms with Crippen molar-refractivity contribution in [2.75, 3.05) is 0 Å². The normalized spacial score (nSPS) is 15.0. The quantitative estimate of drug-likeness (QED) is 0.668. The second-order valence-electron chi connectivity index (χ2n) is 5.44. The van der Waals surface area contributed by atoms with Crippen LogP contribution in [0.5, 0.6) is 5.75 Å². The lowest BCUT2D eigenvalue weighted by Gasteiger charge is -2.10. The van der Waals surface area contributed by atoms with Crippen LogP contribution in [-0.4, -0.2) is 22.8 Å². The molecule has 6 nitrogen and oxygen atoms in total. The average Bonchev–Trinajstić information content (AvgIpc) is 2.93. The third kappa shape index (κ3) is 3.74. The van der Waals surface area contributed by atoms with Gasteiger partial charge in [-0.25, -0.2) is 9.59 Å². The van der Waals surface area contributed by atoms with E-state index in [1.807, 2.05) is 18.2 Å². The van der Waals surface area contributed by atoms with Gasteiger partial charge in [-0.15, -0.1) is 0 Å². The Morgan fingerprint density at radius 2 is 1.92 bits per heavy atom. The van der Waals surface area contributed by atoms with Gasteiger partial charge in [0.1, 0.15) is 12.4 Å². The lowest BCUT2D eigenvalue weighted by atomic mass is 10.1. The zero-order valence-electron chi connectivity index (χ0n) is 13.4. The Bertz CT molecular complexity index is 881. The molecule has 6 heteroatoms. The van der Waals surface area contributed by atoms with E-state index in [4.69, 9.17) is 9.84 Å². The first kappa shape index (κ1) is 16.4. The Balaban J connectivity index is 1.77. The fourth-order valence-corrected chi connectivity index (χ4v) is 2.31. The summed E-state index contributed by atoms with van der Waals surface area (Å²) in [4.78, 5) is 27.2. The van der Waals surface area contributed by atoms with E-state index in [-0.39, 0.29) is 12.2 Å². The van der Waals surface area contributed by atoms with Gasteiger partial charge in [0.2, 0.25) is 0 Å². The maximum atomic E-state index is 11.7. The van der Waals surface area contributed by atoms with Crippen molar-refractivity contribution in [3.8, 4) is 5.75 Å². The minimum atomic E-state index is -0.968. The van der Waals surface area contributed by atoms with Crippen molar-refractivity contribution in [2.45, 2.75) is 13.5 Å². The van der Waals surface area contributed by atoms with E-state index in [2.05, 4.69) is 9.99 Å². The summed E-state index contributed by atoms with van der Waals surface area (Å²) in [5.74, 6) is -0.855. The Morgan fingerprint density at radius 3 is 2.56 bits per heavy atom. The molecular weight excluding hydrogens is 322 g/mol. The molecule has 0 aromatic heterocycles. The van der Waals surface area contributed by atoms with Crippen molar-refractivity contribution in [3.63, 3.8) is 0 Å². The molecular formula is C19H15NO5. The lowest BCUT2D eigenvalue weighted by Crippen LogP contribution is -2.03. The second kappa shape index (κ2) is 7.00. The summed E-state index contributed by atoms with van der Waals surface area (Å²) >= 11 is 0. The van der Waals surface area contributed by atoms with E-state index in [0.29, 0.717) is 17.0 Å². The highest BCUT2D eigenvalue weighted by molar-refractivity contribution is 6.24. The Morgan fingerprint density at radius 1 is 1.20 bits per heavy atom. The van der Waals surface area contributed by atoms with Crippen molar-refractivity contribution >= 4 is 23.7 Å². The highest BCUT2D eigenvalue weighted by Crippen LogP contribution is 2.24. The van der Waals surface area contributed by atoms with E-state index < -0.39 is 11.9 Å². The number of rotatable bonds is 5. The van der Waals surface area contributed by atoms with Crippen LogP contribution in [0, 0.1) is 0 Å². The molecule has 0 saturated carbocycles. The summed E-state index contributed by atoms with van der Waals surface area (Å²) in [6, 6.07) is 13.8. The highest BCUT2D eigenvalue weighted by Gasteiger charge is 2.22. The van der Waals surface area contributed by atoms with Crippen LogP contribution in [0.25, 0.3) is 6.08 Å². The van der Waals surface area contributed by atoms with Crippen LogP contribution in [0.1, 0.15) is 28.4 Å². The van der Waals surface area contributed by atoms with Crippen LogP contribution >= 0.6 is 0 Å². The molecule has 0 fully saturated rings. The molecule has 2 aromatic carbocycles. The summed E-state index contributed by atoms with van der Waals surface area (Å²) in [7, 11) is 0. The molecule has 2 aromatic rings. The number of para-hydroxylation sites is 1. The fraction of sp³-hybridized carbons (Fsp3) is 0.105. The van der Waals surface area contributed by atoms with Gasteiger partial charge in [0.15, 0.2) is 0 Å². The molecule has 0 bridgehead atoms. The number of carbonyl (C=O) groups is 2. The number of hydrogen-bond acceptors (Lipinski definition) is 5. The molecule has 1 heterocycles. The third-order valence-electron chi connectivity index (χ3n) is 3.69. The van der Waals surface area contributed by atoms with Crippen molar-refractivity contribution in [1.29, 1.82) is 0 Å². The monoisotopic (exact) mass is 337 g/mol. The van der Waals surface area contributed by atoms with E-state index in [1.165, 1.54) is 12.1 Å². The van der Waals surface area contributed by atoms with Crippen LogP contribution in [0.2, 0.25) is 0 Å². The van der Waals surface area contributed by atoms with Gasteiger partial charge in [0.05, 0.1) is 16.8 Å². The number of carboxylic acid groups (broad SMARTS) is 1. The molecule has 0 spiro atoms. The molecule has 126 valence electrons. The first-order chi connectivity index (χ1) is 12.0. The van der Waals surface area contributed by atoms with Gasteiger partial charge in [-0.3, -0.25) is 0 Å². The van der Waals surface area contributed by atoms with Crippen LogP contribution in [0.15, 0.2) is 59.3 Å². The minimum absolute atomic E-state index is 0.225. The van der Waals surface area contributed by atoms with Crippen molar-refractivity contribution in [1.82, 2.24) is 0 Å². The lowest BCUT2D eigenvalue weighted by molar-refractivity contribution is -0.136. The van der Waals surface area contributed by atoms with Crippen LogP contribution < -0.4 is 4.74 Å². The van der Waals surface area contributed by atoms with Crippen molar-refractivity contribution < 1.29 is 24.3 Å². The zero-order valence-corrected chi connectivity index (χ0v) is 13.4. The highest BCUT2D eigenvalue weighted by atomic mass is 16.7. The Hall–Kier alpha value is -3.41. The van der Waals surface area contributed by atoms with Gasteiger partial charge in [-0.1, -0.05) is 35.5 Å². The zero-order chi connectivity index (χ0) is 17.8. The van der Waals surface area contributed by atoms with E-state index in [9.17, 15) is 9.59 Å². The molecule has 25 heavy (non-hydrogen) atoms. The first-order valence-electron chi connectivity index (χ1n) is 7.56. The summed E-state index contributed by atoms with van der Waals surface area (Å²) in [6.45, 7) is 1.97. The second-order valence-corrected chi connectivity index (χ2v) is 5.44. The fourth-order valence-electron chi connectivity index (χ4n) is 2.31.